The SMILES string of the molecule is Cc1cccn2nc([C@@H]3c4nc[nH]c4CCN3C(=O)C3CC3)cc12. The van der Waals surface area contributed by atoms with Gasteiger partial charge in [0.25, 0.3) is 0 Å². The summed E-state index contributed by atoms with van der Waals surface area (Å²) < 4.78 is 1.89. The van der Waals surface area contributed by atoms with Crippen molar-refractivity contribution in [2.45, 2.75) is 32.2 Å². The summed E-state index contributed by atoms with van der Waals surface area (Å²) in [5.41, 5.74) is 5.21. The first-order chi connectivity index (χ1) is 11.7. The van der Waals surface area contributed by atoms with E-state index in [1.165, 1.54) is 5.56 Å². The number of nitrogens with one attached hydrogen (secondary N) is 1. The van der Waals surface area contributed by atoms with Crippen molar-refractivity contribution in [3.63, 3.8) is 0 Å². The van der Waals surface area contributed by atoms with E-state index in [1.807, 2.05) is 21.7 Å². The Hall–Kier alpha value is -2.63. The lowest BCUT2D eigenvalue weighted by molar-refractivity contribution is -0.134. The first-order valence-corrected chi connectivity index (χ1v) is 8.50. The Kier molecular flexibility index (Phi) is 2.83. The summed E-state index contributed by atoms with van der Waals surface area (Å²) in [6.07, 6.45) is 6.53. The highest BCUT2D eigenvalue weighted by Gasteiger charge is 2.41. The van der Waals surface area contributed by atoms with Gasteiger partial charge in [0.15, 0.2) is 0 Å². The number of hydrogen-bond acceptors (Lipinski definition) is 3. The molecule has 5 rings (SSSR count). The van der Waals surface area contributed by atoms with Crippen LogP contribution in [0.25, 0.3) is 5.52 Å². The van der Waals surface area contributed by atoms with E-state index in [-0.39, 0.29) is 17.9 Å². The molecule has 2 aliphatic rings. The fraction of sp³-hybridized carbons (Fsp3) is 0.389. The number of rotatable bonds is 2. The topological polar surface area (TPSA) is 66.3 Å². The second-order valence-corrected chi connectivity index (χ2v) is 6.81. The van der Waals surface area contributed by atoms with Gasteiger partial charge in [-0.25, -0.2) is 9.50 Å². The maximum Gasteiger partial charge on any atom is 0.226 e. The summed E-state index contributed by atoms with van der Waals surface area (Å²) in [7, 11) is 0. The van der Waals surface area contributed by atoms with Crippen LogP contribution >= 0.6 is 0 Å². The molecule has 0 unspecified atom stereocenters. The molecule has 0 aromatic carbocycles. The van der Waals surface area contributed by atoms with Crippen molar-refractivity contribution in [3.8, 4) is 0 Å². The highest BCUT2D eigenvalue weighted by molar-refractivity contribution is 5.82. The number of nitrogens with zero attached hydrogens (tertiary/aromatic N) is 4. The highest BCUT2D eigenvalue weighted by atomic mass is 16.2. The predicted octanol–water partition coefficient (Wildman–Crippen LogP) is 2.25. The number of H-pyrrole nitrogens is 1. The Bertz CT molecular complexity index is 936. The Labute approximate surface area is 139 Å². The van der Waals surface area contributed by atoms with Gasteiger partial charge < -0.3 is 9.88 Å². The second-order valence-electron chi connectivity index (χ2n) is 6.81. The zero-order valence-electron chi connectivity index (χ0n) is 13.6. The summed E-state index contributed by atoms with van der Waals surface area (Å²) in [5, 5.41) is 4.76. The summed E-state index contributed by atoms with van der Waals surface area (Å²) in [5.74, 6) is 0.453. The van der Waals surface area contributed by atoms with E-state index >= 15 is 0 Å². The normalized spacial score (nSPS) is 20.4. The third-order valence-corrected chi connectivity index (χ3v) is 5.15. The molecular weight excluding hydrogens is 302 g/mol. The predicted molar refractivity (Wildman–Crippen MR) is 88.5 cm³/mol. The third kappa shape index (κ3) is 1.99. The molecule has 6 heteroatoms. The van der Waals surface area contributed by atoms with Crippen LogP contribution in [0.4, 0.5) is 0 Å². The monoisotopic (exact) mass is 321 g/mol. The number of carbonyl (C=O) groups is 1. The summed E-state index contributed by atoms with van der Waals surface area (Å²) >= 11 is 0. The van der Waals surface area contributed by atoms with Gasteiger partial charge in [0.2, 0.25) is 5.91 Å². The Morgan fingerprint density at radius 2 is 2.25 bits per heavy atom. The number of fused-ring (bicyclic) bond motifs is 2. The second kappa shape index (κ2) is 4.93. The molecule has 1 N–H and O–H groups in total. The van der Waals surface area contributed by atoms with Gasteiger partial charge in [0.05, 0.1) is 23.2 Å². The zero-order chi connectivity index (χ0) is 16.3. The van der Waals surface area contributed by atoms with Crippen molar-refractivity contribution in [2.75, 3.05) is 6.54 Å². The fourth-order valence-electron chi connectivity index (χ4n) is 3.69. The average molecular weight is 321 g/mol. The zero-order valence-corrected chi connectivity index (χ0v) is 13.6. The molecule has 1 fully saturated rings. The molecule has 0 spiro atoms. The molecule has 122 valence electrons. The van der Waals surface area contributed by atoms with E-state index in [1.54, 1.807) is 6.33 Å². The molecule has 3 aromatic heterocycles. The number of hydrogen-bond donors (Lipinski definition) is 1. The largest absolute Gasteiger partial charge is 0.348 e. The van der Waals surface area contributed by atoms with Gasteiger partial charge in [0.1, 0.15) is 6.04 Å². The molecule has 1 amide bonds. The van der Waals surface area contributed by atoms with Crippen LogP contribution in [0.2, 0.25) is 0 Å². The van der Waals surface area contributed by atoms with E-state index in [9.17, 15) is 4.79 Å². The van der Waals surface area contributed by atoms with Gasteiger partial charge in [-0.05, 0) is 37.5 Å². The van der Waals surface area contributed by atoms with E-state index < -0.39 is 0 Å². The average Bonchev–Trinajstić information content (AvgIpc) is 3.16. The third-order valence-electron chi connectivity index (χ3n) is 5.15. The van der Waals surface area contributed by atoms with Gasteiger partial charge in [-0.2, -0.15) is 5.10 Å². The minimum atomic E-state index is -0.188. The van der Waals surface area contributed by atoms with Crippen molar-refractivity contribution in [1.82, 2.24) is 24.5 Å². The number of carbonyl (C=O) groups excluding carboxylic acids is 1. The maximum atomic E-state index is 12.8. The molecule has 0 radical (unpaired) electrons. The van der Waals surface area contributed by atoms with Gasteiger partial charge in [-0.3, -0.25) is 4.79 Å². The van der Waals surface area contributed by atoms with Gasteiger partial charge >= 0.3 is 0 Å². The Morgan fingerprint density at radius 3 is 3.04 bits per heavy atom. The van der Waals surface area contributed by atoms with Gasteiger partial charge in [-0.1, -0.05) is 6.07 Å². The minimum absolute atomic E-state index is 0.188. The van der Waals surface area contributed by atoms with Crippen LogP contribution in [0.5, 0.6) is 0 Å². The molecule has 1 aliphatic heterocycles. The van der Waals surface area contributed by atoms with E-state index in [4.69, 9.17) is 5.10 Å². The van der Waals surface area contributed by atoms with Crippen molar-refractivity contribution >= 4 is 11.4 Å². The molecule has 24 heavy (non-hydrogen) atoms. The standard InChI is InChI=1S/C18H19N5O/c1-11-3-2-7-23-15(11)9-14(21-23)17-16-13(19-10-20-16)6-8-22(17)18(24)12-4-5-12/h2-3,7,9-10,12,17H,4-6,8H2,1H3,(H,19,20)/t17-/m1/s1. The Morgan fingerprint density at radius 1 is 1.38 bits per heavy atom. The van der Waals surface area contributed by atoms with Gasteiger partial charge in [-0.15, -0.1) is 0 Å². The lowest BCUT2D eigenvalue weighted by Crippen LogP contribution is -2.41. The highest BCUT2D eigenvalue weighted by Crippen LogP contribution is 2.39. The van der Waals surface area contributed by atoms with Crippen LogP contribution in [0.1, 0.15) is 41.5 Å². The lowest BCUT2D eigenvalue weighted by atomic mass is 9.99. The number of amides is 1. The van der Waals surface area contributed by atoms with Crippen LogP contribution in [-0.4, -0.2) is 36.9 Å². The minimum Gasteiger partial charge on any atom is -0.348 e. The number of imidazole rings is 1. The fourth-order valence-corrected chi connectivity index (χ4v) is 3.69. The lowest BCUT2D eigenvalue weighted by Gasteiger charge is -2.34. The Balaban J connectivity index is 1.65. The summed E-state index contributed by atoms with van der Waals surface area (Å²) in [6, 6.07) is 5.98. The summed E-state index contributed by atoms with van der Waals surface area (Å²) in [6.45, 7) is 2.80. The van der Waals surface area contributed by atoms with Crippen molar-refractivity contribution in [1.29, 1.82) is 0 Å². The maximum absolute atomic E-state index is 12.8. The number of aromatic nitrogens is 4. The van der Waals surface area contributed by atoms with Crippen LogP contribution in [0.15, 0.2) is 30.7 Å². The van der Waals surface area contributed by atoms with Crippen molar-refractivity contribution in [2.24, 2.45) is 5.92 Å². The molecule has 1 aliphatic carbocycles. The number of pyridine rings is 1. The first kappa shape index (κ1) is 13.8. The van der Waals surface area contributed by atoms with E-state index in [2.05, 4.69) is 29.0 Å². The molecule has 3 aromatic rings. The van der Waals surface area contributed by atoms with E-state index in [0.717, 1.165) is 48.4 Å². The van der Waals surface area contributed by atoms with Crippen molar-refractivity contribution in [3.05, 3.63) is 53.4 Å². The molecule has 6 nitrogen and oxygen atoms in total. The quantitative estimate of drug-likeness (QED) is 0.787. The smallest absolute Gasteiger partial charge is 0.226 e. The number of aryl methyl sites for hydroxylation is 1. The molecule has 1 atom stereocenters. The molecule has 1 saturated carbocycles. The molecular formula is C18H19N5O. The van der Waals surface area contributed by atoms with Crippen LogP contribution < -0.4 is 0 Å². The molecule has 0 bridgehead atoms. The van der Waals surface area contributed by atoms with Gasteiger partial charge in [0, 0.05) is 30.8 Å². The van der Waals surface area contributed by atoms with Crippen LogP contribution in [-0.2, 0) is 11.2 Å². The van der Waals surface area contributed by atoms with E-state index in [0.29, 0.717) is 0 Å². The van der Waals surface area contributed by atoms with Crippen molar-refractivity contribution < 1.29 is 4.79 Å². The van der Waals surface area contributed by atoms with Crippen LogP contribution in [0.3, 0.4) is 0 Å². The molecule has 0 saturated heterocycles. The summed E-state index contributed by atoms with van der Waals surface area (Å²) in [4.78, 5) is 22.5. The molecule has 4 heterocycles. The first-order valence-electron chi connectivity index (χ1n) is 8.50. The number of aromatic amines is 1. The van der Waals surface area contributed by atoms with Crippen LogP contribution in [0, 0.1) is 12.8 Å².